The highest BCUT2D eigenvalue weighted by atomic mass is 32.1. The highest BCUT2D eigenvalue weighted by molar-refractivity contribution is 7.14. The highest BCUT2D eigenvalue weighted by Crippen LogP contribution is 2.32. The van der Waals surface area contributed by atoms with Gasteiger partial charge in [-0.1, -0.05) is 13.0 Å². The van der Waals surface area contributed by atoms with Crippen molar-refractivity contribution in [1.29, 1.82) is 0 Å². The van der Waals surface area contributed by atoms with Crippen molar-refractivity contribution in [3.8, 4) is 11.5 Å². The monoisotopic (exact) mass is 304 g/mol. The van der Waals surface area contributed by atoms with E-state index in [0.717, 1.165) is 28.4 Å². The van der Waals surface area contributed by atoms with Gasteiger partial charge < -0.3 is 14.2 Å². The van der Waals surface area contributed by atoms with Crippen molar-refractivity contribution in [2.45, 2.75) is 20.0 Å². The maximum Gasteiger partial charge on any atom is 0.231 e. The van der Waals surface area contributed by atoms with Crippen molar-refractivity contribution in [2.24, 2.45) is 0 Å². The summed E-state index contributed by atoms with van der Waals surface area (Å²) >= 11 is 1.54. The Kier molecular flexibility index (Phi) is 4.22. The van der Waals surface area contributed by atoms with Crippen LogP contribution in [0.1, 0.15) is 27.0 Å². The zero-order valence-electron chi connectivity index (χ0n) is 11.8. The molecule has 1 aromatic carbocycles. The lowest BCUT2D eigenvalue weighted by atomic mass is 10.2. The van der Waals surface area contributed by atoms with Crippen LogP contribution < -0.4 is 9.47 Å². The first-order valence-electron chi connectivity index (χ1n) is 6.84. The molecule has 0 atom stereocenters. The smallest absolute Gasteiger partial charge is 0.231 e. The van der Waals surface area contributed by atoms with Gasteiger partial charge in [0.05, 0.1) is 11.5 Å². The third-order valence-electron chi connectivity index (χ3n) is 3.22. The summed E-state index contributed by atoms with van der Waals surface area (Å²) in [5.74, 6) is 1.51. The van der Waals surface area contributed by atoms with Crippen LogP contribution in [0.4, 0.5) is 0 Å². The largest absolute Gasteiger partial charge is 0.454 e. The van der Waals surface area contributed by atoms with Crippen molar-refractivity contribution < 1.29 is 19.0 Å². The van der Waals surface area contributed by atoms with Crippen LogP contribution in [0.3, 0.4) is 0 Å². The van der Waals surface area contributed by atoms with Crippen molar-refractivity contribution in [1.82, 2.24) is 0 Å². The molecule has 1 aliphatic rings. The molecule has 1 aliphatic heterocycles. The third kappa shape index (κ3) is 3.25. The van der Waals surface area contributed by atoms with Crippen LogP contribution in [0.25, 0.3) is 0 Å². The maximum absolute atomic E-state index is 12.0. The summed E-state index contributed by atoms with van der Waals surface area (Å²) in [4.78, 5) is 14.0. The van der Waals surface area contributed by atoms with Crippen molar-refractivity contribution in [3.63, 3.8) is 0 Å². The summed E-state index contributed by atoms with van der Waals surface area (Å²) in [6.45, 7) is 2.82. The van der Waals surface area contributed by atoms with Gasteiger partial charge in [0, 0.05) is 4.88 Å². The van der Waals surface area contributed by atoms with Gasteiger partial charge in [-0.2, -0.15) is 0 Å². The number of hydrogen-bond acceptors (Lipinski definition) is 5. The van der Waals surface area contributed by atoms with Crippen LogP contribution in [0.15, 0.2) is 30.3 Å². The summed E-state index contributed by atoms with van der Waals surface area (Å²) in [6, 6.07) is 9.52. The summed E-state index contributed by atoms with van der Waals surface area (Å²) in [7, 11) is 0. The Morgan fingerprint density at radius 3 is 2.90 bits per heavy atom. The predicted octanol–water partition coefficient (Wildman–Crippen LogP) is 3.44. The Morgan fingerprint density at radius 1 is 1.24 bits per heavy atom. The first-order chi connectivity index (χ1) is 10.3. The normalized spacial score (nSPS) is 12.6. The molecule has 0 saturated heterocycles. The molecule has 1 aromatic heterocycles. The van der Waals surface area contributed by atoms with Crippen LogP contribution in [0, 0.1) is 0 Å². The molecule has 2 heterocycles. The second kappa shape index (κ2) is 6.28. The minimum atomic E-state index is 0.0282. The van der Waals surface area contributed by atoms with Crippen molar-refractivity contribution in [2.75, 3.05) is 13.4 Å². The van der Waals surface area contributed by atoms with Crippen LogP contribution in [-0.2, 0) is 17.8 Å². The van der Waals surface area contributed by atoms with E-state index in [2.05, 4.69) is 6.92 Å². The molecule has 0 saturated carbocycles. The van der Waals surface area contributed by atoms with Gasteiger partial charge >= 0.3 is 0 Å². The lowest BCUT2D eigenvalue weighted by Gasteiger charge is -2.04. The average molecular weight is 304 g/mol. The van der Waals surface area contributed by atoms with Gasteiger partial charge in [-0.3, -0.25) is 4.79 Å². The average Bonchev–Trinajstić information content (AvgIpc) is 3.15. The van der Waals surface area contributed by atoms with E-state index in [-0.39, 0.29) is 19.2 Å². The zero-order chi connectivity index (χ0) is 14.7. The van der Waals surface area contributed by atoms with E-state index in [1.165, 1.54) is 16.2 Å². The molecule has 0 unspecified atom stereocenters. The molecule has 110 valence electrons. The maximum atomic E-state index is 12.0. The number of Topliss-reactive ketones (excluding diaryl/α,β-unsaturated/α-hetero) is 1. The van der Waals surface area contributed by atoms with Crippen LogP contribution in [0.5, 0.6) is 11.5 Å². The van der Waals surface area contributed by atoms with E-state index in [1.54, 1.807) is 0 Å². The molecule has 4 nitrogen and oxygen atoms in total. The van der Waals surface area contributed by atoms with Gasteiger partial charge in [-0.05, 0) is 36.2 Å². The molecule has 5 heteroatoms. The second-order valence-corrected chi connectivity index (χ2v) is 5.89. The number of hydrogen-bond donors (Lipinski definition) is 0. The number of benzene rings is 1. The van der Waals surface area contributed by atoms with Gasteiger partial charge in [0.25, 0.3) is 0 Å². The molecule has 2 aromatic rings. The quantitative estimate of drug-likeness (QED) is 0.767. The molecule has 0 amide bonds. The Balaban J connectivity index is 1.52. The lowest BCUT2D eigenvalue weighted by molar-refractivity contribution is 0.0730. The molecule has 0 N–H and O–H groups in total. The molecule has 0 spiro atoms. The van der Waals surface area contributed by atoms with E-state index in [9.17, 15) is 4.79 Å². The lowest BCUT2D eigenvalue weighted by Crippen LogP contribution is -2.07. The first-order valence-corrected chi connectivity index (χ1v) is 7.66. The van der Waals surface area contributed by atoms with Gasteiger partial charge in [0.2, 0.25) is 6.79 Å². The molecule has 0 radical (unpaired) electrons. The number of ketones is 1. The first kappa shape index (κ1) is 14.1. The van der Waals surface area contributed by atoms with Crippen LogP contribution in [0.2, 0.25) is 0 Å². The number of aryl methyl sites for hydroxylation is 1. The van der Waals surface area contributed by atoms with Crippen molar-refractivity contribution in [3.05, 3.63) is 45.6 Å². The number of carbonyl (C=O) groups is 1. The number of carbonyl (C=O) groups excluding carboxylic acids is 1. The van der Waals surface area contributed by atoms with Crippen LogP contribution in [-0.4, -0.2) is 19.2 Å². The fourth-order valence-corrected chi connectivity index (χ4v) is 2.95. The molecule has 3 rings (SSSR count). The minimum absolute atomic E-state index is 0.0282. The minimum Gasteiger partial charge on any atom is -0.454 e. The fraction of sp³-hybridized carbons (Fsp3) is 0.312. The van der Waals surface area contributed by atoms with Gasteiger partial charge in [-0.25, -0.2) is 0 Å². The van der Waals surface area contributed by atoms with E-state index in [0.29, 0.717) is 6.61 Å². The molecule has 0 aliphatic carbocycles. The molecular weight excluding hydrogens is 288 g/mol. The Labute approximate surface area is 127 Å². The van der Waals surface area contributed by atoms with E-state index in [4.69, 9.17) is 14.2 Å². The summed E-state index contributed by atoms with van der Waals surface area (Å²) in [5, 5.41) is 0. The highest BCUT2D eigenvalue weighted by Gasteiger charge is 2.14. The number of rotatable bonds is 6. The second-order valence-electron chi connectivity index (χ2n) is 4.72. The van der Waals surface area contributed by atoms with Crippen LogP contribution >= 0.6 is 11.3 Å². The van der Waals surface area contributed by atoms with E-state index < -0.39 is 0 Å². The third-order valence-corrected chi connectivity index (χ3v) is 4.49. The number of thiophene rings is 1. The predicted molar refractivity (Wildman–Crippen MR) is 80.2 cm³/mol. The summed E-state index contributed by atoms with van der Waals surface area (Å²) in [5.41, 5.74) is 0.965. The topological polar surface area (TPSA) is 44.8 Å². The van der Waals surface area contributed by atoms with E-state index >= 15 is 0 Å². The summed E-state index contributed by atoms with van der Waals surface area (Å²) in [6.07, 6.45) is 0.954. The number of ether oxygens (including phenoxy) is 3. The van der Waals surface area contributed by atoms with Crippen molar-refractivity contribution >= 4 is 17.1 Å². The standard InChI is InChI=1S/C16H16O4S/c1-2-12-4-6-16(21-12)13(17)9-18-8-11-3-5-14-15(7-11)20-10-19-14/h3-7H,2,8-10H2,1H3. The molecule has 21 heavy (non-hydrogen) atoms. The van der Waals surface area contributed by atoms with Gasteiger partial charge in [0.1, 0.15) is 6.61 Å². The van der Waals surface area contributed by atoms with Gasteiger partial charge in [-0.15, -0.1) is 11.3 Å². The molecular formula is C16H16O4S. The fourth-order valence-electron chi connectivity index (χ4n) is 2.08. The SMILES string of the molecule is CCc1ccc(C(=O)COCc2ccc3c(c2)OCO3)s1. The Bertz CT molecular complexity index is 647. The Hall–Kier alpha value is -1.85. The van der Waals surface area contributed by atoms with Gasteiger partial charge in [0.15, 0.2) is 17.3 Å². The molecule has 0 fully saturated rings. The summed E-state index contributed by atoms with van der Waals surface area (Å²) < 4.78 is 16.1. The zero-order valence-corrected chi connectivity index (χ0v) is 12.6. The van der Waals surface area contributed by atoms with E-state index in [1.807, 2.05) is 30.3 Å². The Morgan fingerprint density at radius 2 is 2.10 bits per heavy atom. The molecule has 0 bridgehead atoms. The number of fused-ring (bicyclic) bond motifs is 1.